The molecule has 0 aromatic heterocycles. The number of benzene rings is 1. The van der Waals surface area contributed by atoms with Gasteiger partial charge in [0, 0.05) is 0 Å². The summed E-state index contributed by atoms with van der Waals surface area (Å²) in [4.78, 5) is 11.2. The van der Waals surface area contributed by atoms with E-state index in [1.807, 2.05) is 30.3 Å². The normalized spacial score (nSPS) is 11.4. The number of nitrogens with one attached hydrogen (secondary N) is 1. The largest absolute Gasteiger partial charge is 0.449 e. The second kappa shape index (κ2) is 7.48. The van der Waals surface area contributed by atoms with Gasteiger partial charge in [-0.05, 0) is 24.8 Å². The number of hydrogen-bond acceptors (Lipinski definition) is 3. The van der Waals surface area contributed by atoms with Crippen molar-refractivity contribution in [3.05, 3.63) is 35.9 Å². The number of rotatable bonds is 5. The first-order valence-electron chi connectivity index (χ1n) is 6.18. The van der Waals surface area contributed by atoms with Crippen LogP contribution in [0.2, 0.25) is 0 Å². The number of nitrogens with zero attached hydrogens (tertiary/aromatic N) is 1. The van der Waals surface area contributed by atoms with Gasteiger partial charge in [0.2, 0.25) is 0 Å². The van der Waals surface area contributed by atoms with E-state index in [1.165, 1.54) is 0 Å². The van der Waals surface area contributed by atoms with Gasteiger partial charge in [0.25, 0.3) is 0 Å². The third-order valence-electron chi connectivity index (χ3n) is 2.27. The number of carbonyl (C=O) groups excluding carboxylic acids is 1. The second-order valence-corrected chi connectivity index (χ2v) is 4.35. The van der Waals surface area contributed by atoms with E-state index in [0.717, 1.165) is 17.7 Å². The Morgan fingerprint density at radius 3 is 2.56 bits per heavy atom. The molecule has 0 saturated carbocycles. The first-order valence-corrected chi connectivity index (χ1v) is 6.18. The van der Waals surface area contributed by atoms with Crippen LogP contribution in [0.1, 0.15) is 32.8 Å². The Hall–Kier alpha value is -1.84. The Labute approximate surface area is 108 Å². The smallest absolute Gasteiger partial charge is 0.427 e. The third-order valence-corrected chi connectivity index (χ3v) is 2.27. The minimum atomic E-state index is -0.519. The SMILES string of the molecule is CCOC(=O)NN=C(CC(C)C)c1ccccc1. The van der Waals surface area contributed by atoms with E-state index >= 15 is 0 Å². The molecule has 0 unspecified atom stereocenters. The van der Waals surface area contributed by atoms with Gasteiger partial charge in [-0.3, -0.25) is 0 Å². The molecule has 0 aliphatic rings. The van der Waals surface area contributed by atoms with Gasteiger partial charge in [0.15, 0.2) is 0 Å². The van der Waals surface area contributed by atoms with Crippen molar-refractivity contribution in [2.75, 3.05) is 6.61 Å². The predicted octanol–water partition coefficient (Wildman–Crippen LogP) is 3.18. The summed E-state index contributed by atoms with van der Waals surface area (Å²) in [5, 5.41) is 4.14. The third kappa shape index (κ3) is 4.99. The number of hydrazone groups is 1. The van der Waals surface area contributed by atoms with Crippen molar-refractivity contribution >= 4 is 11.8 Å². The van der Waals surface area contributed by atoms with Crippen molar-refractivity contribution in [1.82, 2.24) is 5.43 Å². The van der Waals surface area contributed by atoms with E-state index in [0.29, 0.717) is 12.5 Å². The molecule has 1 amide bonds. The lowest BCUT2D eigenvalue weighted by molar-refractivity contribution is 0.152. The lowest BCUT2D eigenvalue weighted by Gasteiger charge is -2.09. The predicted molar refractivity (Wildman–Crippen MR) is 72.6 cm³/mol. The van der Waals surface area contributed by atoms with Crippen LogP contribution in [0.5, 0.6) is 0 Å². The molecular formula is C14H20N2O2. The molecule has 98 valence electrons. The molecule has 0 aliphatic carbocycles. The van der Waals surface area contributed by atoms with Crippen molar-refractivity contribution in [2.45, 2.75) is 27.2 Å². The van der Waals surface area contributed by atoms with Crippen molar-refractivity contribution < 1.29 is 9.53 Å². The molecule has 0 bridgehead atoms. The summed E-state index contributed by atoms with van der Waals surface area (Å²) in [5.74, 6) is 0.466. The molecule has 0 aliphatic heterocycles. The molecule has 0 saturated heterocycles. The van der Waals surface area contributed by atoms with Crippen LogP contribution < -0.4 is 5.43 Å². The summed E-state index contributed by atoms with van der Waals surface area (Å²) in [7, 11) is 0. The van der Waals surface area contributed by atoms with E-state index in [1.54, 1.807) is 6.92 Å². The quantitative estimate of drug-likeness (QED) is 0.642. The molecule has 1 N–H and O–H groups in total. The molecule has 18 heavy (non-hydrogen) atoms. The molecule has 4 heteroatoms. The minimum absolute atomic E-state index is 0.339. The highest BCUT2D eigenvalue weighted by Crippen LogP contribution is 2.10. The molecule has 0 atom stereocenters. The Morgan fingerprint density at radius 2 is 2.00 bits per heavy atom. The van der Waals surface area contributed by atoms with Crippen LogP contribution in [0.3, 0.4) is 0 Å². The van der Waals surface area contributed by atoms with Crippen LogP contribution in [-0.4, -0.2) is 18.4 Å². The Balaban J connectivity index is 2.78. The molecule has 4 nitrogen and oxygen atoms in total. The zero-order valence-corrected chi connectivity index (χ0v) is 11.1. The minimum Gasteiger partial charge on any atom is -0.449 e. The number of ether oxygens (including phenoxy) is 1. The summed E-state index contributed by atoms with van der Waals surface area (Å²) in [6.07, 6.45) is 0.283. The summed E-state index contributed by atoms with van der Waals surface area (Å²) in [6.45, 7) is 6.33. The fraction of sp³-hybridized carbons (Fsp3) is 0.429. The topological polar surface area (TPSA) is 50.7 Å². The van der Waals surface area contributed by atoms with E-state index in [-0.39, 0.29) is 0 Å². The standard InChI is InChI=1S/C14H20N2O2/c1-4-18-14(17)16-15-13(10-11(2)3)12-8-6-5-7-9-12/h5-9,11H,4,10H2,1-3H3,(H,16,17). The van der Waals surface area contributed by atoms with Gasteiger partial charge in [-0.1, -0.05) is 44.2 Å². The molecule has 1 aromatic rings. The molecule has 0 radical (unpaired) electrons. The van der Waals surface area contributed by atoms with E-state index in [4.69, 9.17) is 4.74 Å². The summed E-state index contributed by atoms with van der Waals surface area (Å²) >= 11 is 0. The van der Waals surface area contributed by atoms with Gasteiger partial charge < -0.3 is 4.74 Å². The van der Waals surface area contributed by atoms with Gasteiger partial charge in [-0.25, -0.2) is 10.2 Å². The summed E-state index contributed by atoms with van der Waals surface area (Å²) in [5.41, 5.74) is 4.29. The highest BCUT2D eigenvalue weighted by molar-refractivity contribution is 6.00. The Kier molecular flexibility index (Phi) is 5.91. The lowest BCUT2D eigenvalue weighted by atomic mass is 10.0. The first-order chi connectivity index (χ1) is 8.63. The zero-order chi connectivity index (χ0) is 13.4. The van der Waals surface area contributed by atoms with Gasteiger partial charge in [0.05, 0.1) is 12.3 Å². The molecule has 1 aromatic carbocycles. The fourth-order valence-electron chi connectivity index (χ4n) is 1.52. The average molecular weight is 248 g/mol. The van der Waals surface area contributed by atoms with Gasteiger partial charge in [0.1, 0.15) is 0 Å². The van der Waals surface area contributed by atoms with Crippen LogP contribution in [0, 0.1) is 5.92 Å². The molecule has 1 rings (SSSR count). The van der Waals surface area contributed by atoms with Crippen LogP contribution >= 0.6 is 0 Å². The Bertz CT molecular complexity index is 400. The average Bonchev–Trinajstić information content (AvgIpc) is 2.35. The van der Waals surface area contributed by atoms with Crippen molar-refractivity contribution in [2.24, 2.45) is 11.0 Å². The van der Waals surface area contributed by atoms with E-state index in [2.05, 4.69) is 24.4 Å². The van der Waals surface area contributed by atoms with Crippen molar-refractivity contribution in [3.8, 4) is 0 Å². The highest BCUT2D eigenvalue weighted by atomic mass is 16.5. The maximum Gasteiger partial charge on any atom is 0.427 e. The Morgan fingerprint density at radius 1 is 1.33 bits per heavy atom. The van der Waals surface area contributed by atoms with Crippen LogP contribution in [0.4, 0.5) is 4.79 Å². The van der Waals surface area contributed by atoms with Gasteiger partial charge in [-0.15, -0.1) is 0 Å². The summed E-state index contributed by atoms with van der Waals surface area (Å²) in [6, 6.07) is 9.82. The maximum atomic E-state index is 11.2. The van der Waals surface area contributed by atoms with Crippen LogP contribution in [0.15, 0.2) is 35.4 Å². The summed E-state index contributed by atoms with van der Waals surface area (Å²) < 4.78 is 4.78. The van der Waals surface area contributed by atoms with E-state index < -0.39 is 6.09 Å². The second-order valence-electron chi connectivity index (χ2n) is 4.35. The first kappa shape index (κ1) is 14.2. The zero-order valence-electron chi connectivity index (χ0n) is 11.1. The lowest BCUT2D eigenvalue weighted by Crippen LogP contribution is -2.21. The van der Waals surface area contributed by atoms with Gasteiger partial charge >= 0.3 is 6.09 Å². The monoisotopic (exact) mass is 248 g/mol. The number of hydrogen-bond donors (Lipinski definition) is 1. The fourth-order valence-corrected chi connectivity index (χ4v) is 1.52. The van der Waals surface area contributed by atoms with Crippen molar-refractivity contribution in [3.63, 3.8) is 0 Å². The molecule has 0 spiro atoms. The van der Waals surface area contributed by atoms with Crippen molar-refractivity contribution in [1.29, 1.82) is 0 Å². The number of carbonyl (C=O) groups is 1. The molecule has 0 fully saturated rings. The molecule has 0 heterocycles. The van der Waals surface area contributed by atoms with E-state index in [9.17, 15) is 4.79 Å². The molecular weight excluding hydrogens is 228 g/mol. The van der Waals surface area contributed by atoms with Gasteiger partial charge in [-0.2, -0.15) is 5.10 Å². The maximum absolute atomic E-state index is 11.2. The number of amides is 1. The highest BCUT2D eigenvalue weighted by Gasteiger charge is 2.07. The van der Waals surface area contributed by atoms with Crippen LogP contribution in [0.25, 0.3) is 0 Å². The van der Waals surface area contributed by atoms with Crippen LogP contribution in [-0.2, 0) is 4.74 Å².